The first-order valence-corrected chi connectivity index (χ1v) is 8.89. The van der Waals surface area contributed by atoms with Crippen LogP contribution in [-0.4, -0.2) is 46.7 Å². The van der Waals surface area contributed by atoms with Crippen molar-refractivity contribution in [2.45, 2.75) is 19.9 Å². The van der Waals surface area contributed by atoms with Crippen molar-refractivity contribution < 1.29 is 9.59 Å². The molecule has 5 nitrogen and oxygen atoms in total. The lowest BCUT2D eigenvalue weighted by molar-refractivity contribution is -0.139. The lowest BCUT2D eigenvalue weighted by Gasteiger charge is -2.21. The molecule has 1 aliphatic heterocycles. The van der Waals surface area contributed by atoms with Gasteiger partial charge in [-0.05, 0) is 6.42 Å². The van der Waals surface area contributed by atoms with Crippen molar-refractivity contribution in [3.8, 4) is 10.6 Å². The Bertz CT molecular complexity index is 729. The van der Waals surface area contributed by atoms with Gasteiger partial charge in [0, 0.05) is 36.1 Å². The van der Waals surface area contributed by atoms with Crippen LogP contribution >= 0.6 is 11.3 Å². The van der Waals surface area contributed by atoms with Gasteiger partial charge in [-0.25, -0.2) is 4.98 Å². The predicted molar refractivity (Wildman–Crippen MR) is 94.4 cm³/mol. The average molecular weight is 343 g/mol. The van der Waals surface area contributed by atoms with E-state index in [1.54, 1.807) is 28.2 Å². The third kappa shape index (κ3) is 3.64. The van der Waals surface area contributed by atoms with Gasteiger partial charge in [0.25, 0.3) is 0 Å². The van der Waals surface area contributed by atoms with Gasteiger partial charge < -0.3 is 9.80 Å². The number of hydrogen-bond donors (Lipinski definition) is 0. The lowest BCUT2D eigenvalue weighted by atomic mass is 10.1. The van der Waals surface area contributed by atoms with E-state index in [2.05, 4.69) is 4.98 Å². The van der Waals surface area contributed by atoms with Crippen LogP contribution in [0.15, 0.2) is 36.5 Å². The van der Waals surface area contributed by atoms with E-state index in [9.17, 15) is 9.59 Å². The van der Waals surface area contributed by atoms with E-state index in [-0.39, 0.29) is 24.3 Å². The zero-order valence-electron chi connectivity index (χ0n) is 13.9. The Hall–Kier alpha value is -2.21. The molecule has 0 aliphatic carbocycles. The van der Waals surface area contributed by atoms with Crippen molar-refractivity contribution in [3.05, 3.63) is 41.4 Å². The van der Waals surface area contributed by atoms with Crippen LogP contribution in [-0.2, 0) is 16.1 Å². The summed E-state index contributed by atoms with van der Waals surface area (Å²) in [6.07, 6.45) is 2.66. The molecule has 1 aromatic heterocycles. The van der Waals surface area contributed by atoms with Gasteiger partial charge in [-0.2, -0.15) is 0 Å². The lowest BCUT2D eigenvalue weighted by Crippen LogP contribution is -2.39. The Kier molecular flexibility index (Phi) is 4.94. The Labute approximate surface area is 145 Å². The summed E-state index contributed by atoms with van der Waals surface area (Å²) in [6.45, 7) is 3.28. The number of amides is 2. The number of carbonyl (C=O) groups is 2. The molecule has 0 unspecified atom stereocenters. The molecule has 6 heteroatoms. The number of likely N-dealkylation sites (tertiary alicyclic amines) is 1. The van der Waals surface area contributed by atoms with Gasteiger partial charge in [0.2, 0.25) is 11.8 Å². The molecule has 2 amide bonds. The quantitative estimate of drug-likeness (QED) is 0.839. The molecule has 126 valence electrons. The first-order valence-electron chi connectivity index (χ1n) is 8.07. The van der Waals surface area contributed by atoms with Crippen molar-refractivity contribution in [1.29, 1.82) is 0 Å². The highest BCUT2D eigenvalue weighted by Crippen LogP contribution is 2.25. The van der Waals surface area contributed by atoms with Gasteiger partial charge in [0.05, 0.1) is 13.1 Å². The fourth-order valence-corrected chi connectivity index (χ4v) is 3.72. The van der Waals surface area contributed by atoms with Gasteiger partial charge in [0.15, 0.2) is 0 Å². The molecule has 24 heavy (non-hydrogen) atoms. The second-order valence-corrected chi connectivity index (χ2v) is 7.31. The monoisotopic (exact) mass is 343 g/mol. The second kappa shape index (κ2) is 7.13. The summed E-state index contributed by atoms with van der Waals surface area (Å²) in [7, 11) is 1.77. The summed E-state index contributed by atoms with van der Waals surface area (Å²) in [5.41, 5.74) is 1.08. The summed E-state index contributed by atoms with van der Waals surface area (Å²) >= 11 is 1.59. The molecular weight excluding hydrogens is 322 g/mol. The average Bonchev–Trinajstić information content (AvgIpc) is 3.17. The topological polar surface area (TPSA) is 53.5 Å². The Morgan fingerprint density at radius 2 is 2.12 bits per heavy atom. The van der Waals surface area contributed by atoms with Crippen LogP contribution in [0.1, 0.15) is 18.2 Å². The molecule has 2 aromatic rings. The van der Waals surface area contributed by atoms with Crippen molar-refractivity contribution in [1.82, 2.24) is 14.8 Å². The Morgan fingerprint density at radius 3 is 2.79 bits per heavy atom. The smallest absolute Gasteiger partial charge is 0.242 e. The zero-order chi connectivity index (χ0) is 17.1. The normalized spacial score (nSPS) is 17.3. The summed E-state index contributed by atoms with van der Waals surface area (Å²) in [6, 6.07) is 10.0. The molecule has 1 saturated heterocycles. The highest BCUT2D eigenvalue weighted by molar-refractivity contribution is 7.15. The number of benzene rings is 1. The SMILES string of the molecule is C[C@@H]1CCN(CC(=O)N(C)Cc2cnc(-c3ccccc3)s2)C1=O. The molecule has 0 bridgehead atoms. The molecule has 0 N–H and O–H groups in total. The van der Waals surface area contributed by atoms with Crippen LogP contribution in [0.4, 0.5) is 0 Å². The number of nitrogens with zero attached hydrogens (tertiary/aromatic N) is 3. The second-order valence-electron chi connectivity index (χ2n) is 6.20. The Morgan fingerprint density at radius 1 is 1.38 bits per heavy atom. The van der Waals surface area contributed by atoms with Crippen LogP contribution < -0.4 is 0 Å². The van der Waals surface area contributed by atoms with Gasteiger partial charge >= 0.3 is 0 Å². The number of rotatable bonds is 5. The fraction of sp³-hybridized carbons (Fsp3) is 0.389. The first kappa shape index (κ1) is 16.6. The predicted octanol–water partition coefficient (Wildman–Crippen LogP) is 2.64. The standard InChI is InChI=1S/C18H21N3O2S/c1-13-8-9-21(18(13)23)12-16(22)20(2)11-15-10-19-17(24-15)14-6-4-3-5-7-14/h3-7,10,13H,8-9,11-12H2,1-2H3/t13-/m1/s1. The Balaban J connectivity index is 1.59. The van der Waals surface area contributed by atoms with E-state index < -0.39 is 0 Å². The summed E-state index contributed by atoms with van der Waals surface area (Å²) in [5, 5.41) is 0.954. The highest BCUT2D eigenvalue weighted by atomic mass is 32.1. The minimum absolute atomic E-state index is 0.0351. The maximum atomic E-state index is 12.3. The van der Waals surface area contributed by atoms with E-state index in [1.165, 1.54) is 0 Å². The summed E-state index contributed by atoms with van der Waals surface area (Å²) in [5.74, 6) is 0.0889. The molecule has 1 fully saturated rings. The first-order chi connectivity index (χ1) is 11.5. The van der Waals surface area contributed by atoms with Crippen LogP contribution in [0.3, 0.4) is 0 Å². The molecule has 1 aromatic carbocycles. The van der Waals surface area contributed by atoms with Gasteiger partial charge in [-0.1, -0.05) is 37.3 Å². The van der Waals surface area contributed by atoms with Crippen LogP contribution in [0.25, 0.3) is 10.6 Å². The third-order valence-electron chi connectivity index (χ3n) is 4.28. The van der Waals surface area contributed by atoms with Crippen LogP contribution in [0.2, 0.25) is 0 Å². The van der Waals surface area contributed by atoms with E-state index >= 15 is 0 Å². The fourth-order valence-electron chi connectivity index (χ4n) is 2.75. The van der Waals surface area contributed by atoms with Crippen molar-refractivity contribution in [2.75, 3.05) is 20.1 Å². The van der Waals surface area contributed by atoms with Crippen LogP contribution in [0.5, 0.6) is 0 Å². The third-order valence-corrected chi connectivity index (χ3v) is 5.32. The molecule has 0 radical (unpaired) electrons. The van der Waals surface area contributed by atoms with E-state index in [4.69, 9.17) is 0 Å². The molecule has 1 atom stereocenters. The summed E-state index contributed by atoms with van der Waals surface area (Å²) < 4.78 is 0. The maximum Gasteiger partial charge on any atom is 0.242 e. The molecule has 0 spiro atoms. The van der Waals surface area contributed by atoms with Gasteiger partial charge in [-0.3, -0.25) is 9.59 Å². The van der Waals surface area contributed by atoms with Gasteiger partial charge in [0.1, 0.15) is 5.01 Å². The number of aromatic nitrogens is 1. The molecule has 1 aliphatic rings. The molecular formula is C18H21N3O2S. The molecule has 2 heterocycles. The number of carbonyl (C=O) groups excluding carboxylic acids is 2. The van der Waals surface area contributed by atoms with Crippen molar-refractivity contribution in [3.63, 3.8) is 0 Å². The number of likely N-dealkylation sites (N-methyl/N-ethyl adjacent to an activating group) is 1. The minimum atomic E-state index is -0.0351. The van der Waals surface area contributed by atoms with Crippen LogP contribution in [0, 0.1) is 5.92 Å². The maximum absolute atomic E-state index is 12.3. The zero-order valence-corrected chi connectivity index (χ0v) is 14.8. The number of hydrogen-bond acceptors (Lipinski definition) is 4. The van der Waals surface area contributed by atoms with Crippen molar-refractivity contribution in [2.24, 2.45) is 5.92 Å². The minimum Gasteiger partial charge on any atom is -0.339 e. The number of thiazole rings is 1. The highest BCUT2D eigenvalue weighted by Gasteiger charge is 2.29. The van der Waals surface area contributed by atoms with Crippen molar-refractivity contribution >= 4 is 23.2 Å². The molecule has 3 rings (SSSR count). The van der Waals surface area contributed by atoms with E-state index in [0.29, 0.717) is 13.1 Å². The van der Waals surface area contributed by atoms with E-state index in [1.807, 2.05) is 43.5 Å². The molecule has 0 saturated carbocycles. The summed E-state index contributed by atoms with van der Waals surface area (Å²) in [4.78, 5) is 33.1. The van der Waals surface area contributed by atoms with Gasteiger partial charge in [-0.15, -0.1) is 11.3 Å². The van der Waals surface area contributed by atoms with E-state index in [0.717, 1.165) is 21.9 Å². The largest absolute Gasteiger partial charge is 0.339 e.